The number of aromatic nitrogens is 3. The molecule has 1 aliphatic heterocycles. The summed E-state index contributed by atoms with van der Waals surface area (Å²) in [6.07, 6.45) is 3.65. The minimum atomic E-state index is -0.173. The second-order valence-corrected chi connectivity index (χ2v) is 6.69. The van der Waals surface area contributed by atoms with Crippen LogP contribution in [0, 0.1) is 0 Å². The number of nitrogens with one attached hydrogen (secondary N) is 1. The zero-order valence-corrected chi connectivity index (χ0v) is 15.9. The Hall–Kier alpha value is -2.80. The summed E-state index contributed by atoms with van der Waals surface area (Å²) in [7, 11) is 3.28. The monoisotopic (exact) mass is 412 g/mol. The Morgan fingerprint density at radius 3 is 2.73 bits per heavy atom. The first-order valence-corrected chi connectivity index (χ1v) is 8.85. The van der Waals surface area contributed by atoms with E-state index in [0.717, 1.165) is 21.3 Å². The predicted molar refractivity (Wildman–Crippen MR) is 103 cm³/mol. The van der Waals surface area contributed by atoms with E-state index in [9.17, 15) is 0 Å². The highest BCUT2D eigenvalue weighted by Crippen LogP contribution is 2.40. The van der Waals surface area contributed by atoms with Crippen LogP contribution >= 0.6 is 15.9 Å². The van der Waals surface area contributed by atoms with Crippen LogP contribution in [0.1, 0.15) is 17.2 Å². The van der Waals surface area contributed by atoms with Gasteiger partial charge in [-0.1, -0.05) is 40.2 Å². The zero-order valence-electron chi connectivity index (χ0n) is 14.3. The lowest BCUT2D eigenvalue weighted by atomic mass is 10.0. The van der Waals surface area contributed by atoms with Crippen molar-refractivity contribution >= 4 is 27.6 Å². The molecule has 1 atom stereocenters. The van der Waals surface area contributed by atoms with E-state index >= 15 is 0 Å². The fourth-order valence-electron chi connectivity index (χ4n) is 3.12. The first kappa shape index (κ1) is 16.7. The Bertz CT molecular complexity index is 983. The molecule has 6 nitrogen and oxygen atoms in total. The summed E-state index contributed by atoms with van der Waals surface area (Å²) in [5.41, 5.74) is 2.97. The lowest BCUT2D eigenvalue weighted by Crippen LogP contribution is -2.20. The molecule has 0 saturated heterocycles. The summed E-state index contributed by atoms with van der Waals surface area (Å²) in [6, 6.07) is 13.8. The van der Waals surface area contributed by atoms with E-state index in [1.54, 1.807) is 20.5 Å². The van der Waals surface area contributed by atoms with Crippen molar-refractivity contribution in [1.82, 2.24) is 14.8 Å². The topological polar surface area (TPSA) is 61.2 Å². The number of hydrogen-bond acceptors (Lipinski definition) is 5. The highest BCUT2D eigenvalue weighted by Gasteiger charge is 2.27. The largest absolute Gasteiger partial charge is 0.493 e. The van der Waals surface area contributed by atoms with Crippen LogP contribution in [0.4, 0.5) is 5.95 Å². The average Bonchev–Trinajstić information content (AvgIpc) is 3.15. The molecule has 0 spiro atoms. The molecular formula is C19H17BrN4O2. The highest BCUT2D eigenvalue weighted by molar-refractivity contribution is 9.10. The molecular weight excluding hydrogens is 396 g/mol. The van der Waals surface area contributed by atoms with Crippen LogP contribution in [-0.4, -0.2) is 29.0 Å². The number of halogens is 1. The molecule has 1 aromatic heterocycles. The fraction of sp³-hybridized carbons (Fsp3) is 0.158. The van der Waals surface area contributed by atoms with Gasteiger partial charge in [0.15, 0.2) is 11.5 Å². The van der Waals surface area contributed by atoms with Crippen LogP contribution < -0.4 is 14.8 Å². The lowest BCUT2D eigenvalue weighted by molar-refractivity contribution is 0.349. The number of ether oxygens (including phenoxy) is 2. The van der Waals surface area contributed by atoms with E-state index in [-0.39, 0.29) is 6.04 Å². The van der Waals surface area contributed by atoms with Crippen LogP contribution in [0.15, 0.2) is 59.3 Å². The number of methoxy groups -OCH3 is 2. The van der Waals surface area contributed by atoms with Crippen LogP contribution in [-0.2, 0) is 0 Å². The van der Waals surface area contributed by atoms with Crippen molar-refractivity contribution in [3.63, 3.8) is 0 Å². The Balaban J connectivity index is 1.87. The van der Waals surface area contributed by atoms with Gasteiger partial charge in [-0.15, -0.1) is 0 Å². The molecule has 26 heavy (non-hydrogen) atoms. The molecule has 0 saturated carbocycles. The van der Waals surface area contributed by atoms with E-state index in [2.05, 4.69) is 49.5 Å². The van der Waals surface area contributed by atoms with Crippen LogP contribution in [0.25, 0.3) is 5.70 Å². The Labute approximate surface area is 159 Å². The predicted octanol–water partition coefficient (Wildman–Crippen LogP) is 4.11. The van der Waals surface area contributed by atoms with Crippen molar-refractivity contribution in [2.24, 2.45) is 0 Å². The normalized spacial score (nSPS) is 15.7. The first-order valence-electron chi connectivity index (χ1n) is 8.06. The van der Waals surface area contributed by atoms with Gasteiger partial charge in [-0.2, -0.15) is 10.1 Å². The number of hydrogen-bond donors (Lipinski definition) is 1. The average molecular weight is 413 g/mol. The molecule has 7 heteroatoms. The van der Waals surface area contributed by atoms with E-state index in [4.69, 9.17) is 9.47 Å². The maximum atomic E-state index is 5.63. The summed E-state index contributed by atoms with van der Waals surface area (Å²) in [5, 5.41) is 7.73. The summed E-state index contributed by atoms with van der Waals surface area (Å²) in [5.74, 6) is 2.05. The second-order valence-electron chi connectivity index (χ2n) is 5.77. The van der Waals surface area contributed by atoms with Crippen LogP contribution in [0.2, 0.25) is 0 Å². The molecule has 1 N–H and O–H groups in total. The van der Waals surface area contributed by atoms with Crippen LogP contribution in [0.3, 0.4) is 0 Å². The molecule has 0 radical (unpaired) electrons. The minimum absolute atomic E-state index is 0.173. The molecule has 4 rings (SSSR count). The van der Waals surface area contributed by atoms with Gasteiger partial charge in [-0.3, -0.25) is 0 Å². The summed E-state index contributed by atoms with van der Waals surface area (Å²) >= 11 is 3.53. The van der Waals surface area contributed by atoms with Gasteiger partial charge in [-0.25, -0.2) is 4.68 Å². The third kappa shape index (κ3) is 2.84. The number of rotatable bonds is 4. The zero-order chi connectivity index (χ0) is 18.1. The van der Waals surface area contributed by atoms with Crippen molar-refractivity contribution in [3.05, 3.63) is 70.5 Å². The third-order valence-electron chi connectivity index (χ3n) is 4.30. The molecule has 2 heterocycles. The van der Waals surface area contributed by atoms with Crippen molar-refractivity contribution in [1.29, 1.82) is 0 Å². The van der Waals surface area contributed by atoms with Gasteiger partial charge in [0.05, 0.1) is 14.2 Å². The standard InChI is InChI=1S/C19H17BrN4O2/c1-25-17-8-4-7-14(18(17)26-2)16-10-15(12-5-3-6-13(20)9-12)23-19-21-11-22-24(16)19/h3-11,16H,1-2H3,(H,21,22,23). The Kier molecular flexibility index (Phi) is 4.38. The lowest BCUT2D eigenvalue weighted by Gasteiger charge is -2.26. The first-order chi connectivity index (χ1) is 12.7. The summed E-state index contributed by atoms with van der Waals surface area (Å²) < 4.78 is 13.9. The number of para-hydroxylation sites is 1. The number of nitrogens with zero attached hydrogens (tertiary/aromatic N) is 3. The molecule has 0 aliphatic carbocycles. The smallest absolute Gasteiger partial charge is 0.226 e. The SMILES string of the molecule is COc1cccc(C2C=C(c3cccc(Br)c3)Nc3ncnn32)c1OC. The van der Waals surface area contributed by atoms with E-state index in [1.807, 2.05) is 35.0 Å². The van der Waals surface area contributed by atoms with Gasteiger partial charge in [0, 0.05) is 15.7 Å². The molecule has 1 aliphatic rings. The highest BCUT2D eigenvalue weighted by atomic mass is 79.9. The summed E-state index contributed by atoms with van der Waals surface area (Å²) in [4.78, 5) is 4.34. The number of benzene rings is 2. The molecule has 0 bridgehead atoms. The van der Waals surface area contributed by atoms with Gasteiger partial charge in [0.2, 0.25) is 5.95 Å². The summed E-state index contributed by atoms with van der Waals surface area (Å²) in [6.45, 7) is 0. The molecule has 2 aromatic carbocycles. The van der Waals surface area contributed by atoms with E-state index < -0.39 is 0 Å². The van der Waals surface area contributed by atoms with Gasteiger partial charge in [0.25, 0.3) is 0 Å². The van der Waals surface area contributed by atoms with E-state index in [1.165, 1.54) is 0 Å². The van der Waals surface area contributed by atoms with Crippen molar-refractivity contribution in [2.45, 2.75) is 6.04 Å². The number of allylic oxidation sites excluding steroid dienone is 1. The van der Waals surface area contributed by atoms with E-state index in [0.29, 0.717) is 17.4 Å². The molecule has 0 fully saturated rings. The quantitative estimate of drug-likeness (QED) is 0.698. The van der Waals surface area contributed by atoms with Gasteiger partial charge >= 0.3 is 0 Å². The van der Waals surface area contributed by atoms with Crippen molar-refractivity contribution in [3.8, 4) is 11.5 Å². The fourth-order valence-corrected chi connectivity index (χ4v) is 3.52. The van der Waals surface area contributed by atoms with Crippen molar-refractivity contribution in [2.75, 3.05) is 19.5 Å². The maximum absolute atomic E-state index is 5.63. The van der Waals surface area contributed by atoms with Gasteiger partial charge in [-0.05, 0) is 29.8 Å². The molecule has 0 amide bonds. The molecule has 132 valence electrons. The third-order valence-corrected chi connectivity index (χ3v) is 4.79. The number of fused-ring (bicyclic) bond motifs is 1. The van der Waals surface area contributed by atoms with Gasteiger partial charge in [0.1, 0.15) is 12.4 Å². The van der Waals surface area contributed by atoms with Gasteiger partial charge < -0.3 is 14.8 Å². The molecule has 3 aromatic rings. The Morgan fingerprint density at radius 2 is 1.96 bits per heavy atom. The Morgan fingerprint density at radius 1 is 1.12 bits per heavy atom. The maximum Gasteiger partial charge on any atom is 0.226 e. The minimum Gasteiger partial charge on any atom is -0.493 e. The molecule has 1 unspecified atom stereocenters. The second kappa shape index (κ2) is 6.84. The van der Waals surface area contributed by atoms with Crippen LogP contribution in [0.5, 0.6) is 11.5 Å². The van der Waals surface area contributed by atoms with Crippen molar-refractivity contribution < 1.29 is 9.47 Å². The number of anilines is 1.